The van der Waals surface area contributed by atoms with E-state index in [0.29, 0.717) is 11.7 Å². The highest BCUT2D eigenvalue weighted by atomic mass is 14.8. The van der Waals surface area contributed by atoms with E-state index in [0.717, 1.165) is 6.42 Å². The molecule has 20 heavy (non-hydrogen) atoms. The second-order valence-corrected chi connectivity index (χ2v) is 5.65. The molecular weight excluding hydrogens is 246 g/mol. The normalized spacial score (nSPS) is 19.4. The highest BCUT2D eigenvalue weighted by molar-refractivity contribution is 5.36. The van der Waals surface area contributed by atoms with Gasteiger partial charge >= 0.3 is 0 Å². The number of hydrogen-bond donors (Lipinski definition) is 2. The van der Waals surface area contributed by atoms with Crippen LogP contribution in [0.4, 0.5) is 5.82 Å². The van der Waals surface area contributed by atoms with Gasteiger partial charge in [0.05, 0.1) is 0 Å². The van der Waals surface area contributed by atoms with E-state index in [4.69, 9.17) is 11.5 Å². The Balaban J connectivity index is 1.80. The van der Waals surface area contributed by atoms with Crippen LogP contribution in [-0.4, -0.2) is 11.0 Å². The molecule has 3 nitrogen and oxygen atoms in total. The summed E-state index contributed by atoms with van der Waals surface area (Å²) in [4.78, 5) is 4.03. The summed E-state index contributed by atoms with van der Waals surface area (Å²) >= 11 is 0. The van der Waals surface area contributed by atoms with Gasteiger partial charge in [-0.25, -0.2) is 4.98 Å². The molecule has 3 heteroatoms. The number of nitrogen functional groups attached to an aromatic ring is 1. The van der Waals surface area contributed by atoms with E-state index in [1.165, 1.54) is 36.0 Å². The Morgan fingerprint density at radius 3 is 2.95 bits per heavy atom. The van der Waals surface area contributed by atoms with Gasteiger partial charge in [0, 0.05) is 12.2 Å². The average Bonchev–Trinajstić information content (AvgIpc) is 2.46. The number of rotatable bonds is 3. The third-order valence-corrected chi connectivity index (χ3v) is 4.25. The molecule has 0 amide bonds. The first-order valence-corrected chi connectivity index (χ1v) is 7.28. The zero-order chi connectivity index (χ0) is 13.9. The van der Waals surface area contributed by atoms with Crippen molar-refractivity contribution >= 4 is 5.82 Å². The van der Waals surface area contributed by atoms with Crippen LogP contribution < -0.4 is 11.5 Å². The zero-order valence-corrected chi connectivity index (χ0v) is 11.6. The third-order valence-electron chi connectivity index (χ3n) is 4.25. The van der Waals surface area contributed by atoms with Gasteiger partial charge in [-0.05, 0) is 60.4 Å². The lowest BCUT2D eigenvalue weighted by Crippen LogP contribution is -2.33. The summed E-state index contributed by atoms with van der Waals surface area (Å²) in [5, 5.41) is 0. The topological polar surface area (TPSA) is 64.9 Å². The van der Waals surface area contributed by atoms with Gasteiger partial charge in [0.2, 0.25) is 0 Å². The molecule has 3 rings (SSSR count). The lowest BCUT2D eigenvalue weighted by atomic mass is 9.77. The van der Waals surface area contributed by atoms with Gasteiger partial charge in [0.1, 0.15) is 5.82 Å². The van der Waals surface area contributed by atoms with Crippen molar-refractivity contribution in [1.82, 2.24) is 4.98 Å². The van der Waals surface area contributed by atoms with Crippen LogP contribution in [0.15, 0.2) is 42.6 Å². The fraction of sp³-hybridized carbons (Fsp3) is 0.353. The van der Waals surface area contributed by atoms with E-state index in [2.05, 4.69) is 29.2 Å². The maximum atomic E-state index is 6.48. The second kappa shape index (κ2) is 5.63. The largest absolute Gasteiger partial charge is 0.384 e. The first-order chi connectivity index (χ1) is 9.74. The molecule has 1 aromatic heterocycles. The summed E-state index contributed by atoms with van der Waals surface area (Å²) in [6, 6.07) is 12.8. The highest BCUT2D eigenvalue weighted by Crippen LogP contribution is 2.34. The number of anilines is 1. The van der Waals surface area contributed by atoms with Crippen LogP contribution in [0, 0.1) is 0 Å². The number of fused-ring (bicyclic) bond motifs is 1. The summed E-state index contributed by atoms with van der Waals surface area (Å²) < 4.78 is 0. The summed E-state index contributed by atoms with van der Waals surface area (Å²) in [6.07, 6.45) is 6.20. The van der Waals surface area contributed by atoms with Gasteiger partial charge < -0.3 is 11.5 Å². The molecule has 104 valence electrons. The minimum atomic E-state index is 0.137. The minimum Gasteiger partial charge on any atom is -0.384 e. The predicted molar refractivity (Wildman–Crippen MR) is 82.4 cm³/mol. The van der Waals surface area contributed by atoms with Gasteiger partial charge in [-0.1, -0.05) is 24.3 Å². The van der Waals surface area contributed by atoms with Crippen molar-refractivity contribution in [2.24, 2.45) is 5.73 Å². The molecule has 0 bridgehead atoms. The summed E-state index contributed by atoms with van der Waals surface area (Å²) in [5.41, 5.74) is 16.3. The molecule has 2 atom stereocenters. The Bertz CT molecular complexity index is 594. The molecule has 0 fully saturated rings. The van der Waals surface area contributed by atoms with E-state index in [1.807, 2.05) is 12.1 Å². The first-order valence-electron chi connectivity index (χ1n) is 7.28. The standard InChI is InChI=1S/C17H21N3/c18-16(10-12-8-9-20-17(19)11-12)15-7-3-5-13-4-1-2-6-14(13)15/h1-2,4,6,8-9,11,15-16H,3,5,7,10,18H2,(H2,19,20). The molecular formula is C17H21N3. The molecule has 0 radical (unpaired) electrons. The van der Waals surface area contributed by atoms with Crippen molar-refractivity contribution < 1.29 is 0 Å². The Kier molecular flexibility index (Phi) is 3.70. The third kappa shape index (κ3) is 2.68. The number of aromatic nitrogens is 1. The Hall–Kier alpha value is -1.87. The van der Waals surface area contributed by atoms with Crippen LogP contribution >= 0.6 is 0 Å². The number of pyridine rings is 1. The van der Waals surface area contributed by atoms with Gasteiger partial charge in [-0.2, -0.15) is 0 Å². The van der Waals surface area contributed by atoms with Gasteiger partial charge in [-0.3, -0.25) is 0 Å². The maximum absolute atomic E-state index is 6.48. The maximum Gasteiger partial charge on any atom is 0.123 e. The number of nitrogens with two attached hydrogens (primary N) is 2. The molecule has 0 spiro atoms. The summed E-state index contributed by atoms with van der Waals surface area (Å²) in [5.74, 6) is 1.02. The Morgan fingerprint density at radius 1 is 1.25 bits per heavy atom. The van der Waals surface area contributed by atoms with E-state index in [-0.39, 0.29) is 6.04 Å². The van der Waals surface area contributed by atoms with Crippen LogP contribution in [0.3, 0.4) is 0 Å². The van der Waals surface area contributed by atoms with Crippen molar-refractivity contribution in [2.45, 2.75) is 37.6 Å². The first kappa shape index (κ1) is 13.1. The molecule has 1 heterocycles. The van der Waals surface area contributed by atoms with Crippen molar-refractivity contribution in [3.63, 3.8) is 0 Å². The van der Waals surface area contributed by atoms with Crippen LogP contribution in [0.2, 0.25) is 0 Å². The molecule has 0 aliphatic heterocycles. The molecule has 1 aliphatic rings. The molecule has 4 N–H and O–H groups in total. The van der Waals surface area contributed by atoms with Crippen molar-refractivity contribution in [3.8, 4) is 0 Å². The Labute approximate surface area is 120 Å². The van der Waals surface area contributed by atoms with Gasteiger partial charge in [-0.15, -0.1) is 0 Å². The van der Waals surface area contributed by atoms with Crippen LogP contribution in [0.1, 0.15) is 35.4 Å². The monoisotopic (exact) mass is 267 g/mol. The van der Waals surface area contributed by atoms with E-state index >= 15 is 0 Å². The highest BCUT2D eigenvalue weighted by Gasteiger charge is 2.25. The van der Waals surface area contributed by atoms with Crippen molar-refractivity contribution in [3.05, 3.63) is 59.3 Å². The average molecular weight is 267 g/mol. The van der Waals surface area contributed by atoms with E-state index < -0.39 is 0 Å². The summed E-state index contributed by atoms with van der Waals surface area (Å²) in [6.45, 7) is 0. The van der Waals surface area contributed by atoms with Crippen molar-refractivity contribution in [1.29, 1.82) is 0 Å². The number of nitrogens with zero attached hydrogens (tertiary/aromatic N) is 1. The lowest BCUT2D eigenvalue weighted by molar-refractivity contribution is 0.460. The molecule has 0 saturated heterocycles. The quantitative estimate of drug-likeness (QED) is 0.898. The van der Waals surface area contributed by atoms with E-state index in [1.54, 1.807) is 6.20 Å². The van der Waals surface area contributed by atoms with Gasteiger partial charge in [0.25, 0.3) is 0 Å². The van der Waals surface area contributed by atoms with Crippen LogP contribution in [0.5, 0.6) is 0 Å². The fourth-order valence-corrected chi connectivity index (χ4v) is 3.27. The van der Waals surface area contributed by atoms with Gasteiger partial charge in [0.15, 0.2) is 0 Å². The van der Waals surface area contributed by atoms with Crippen LogP contribution in [0.25, 0.3) is 0 Å². The van der Waals surface area contributed by atoms with Crippen molar-refractivity contribution in [2.75, 3.05) is 5.73 Å². The molecule has 2 unspecified atom stereocenters. The molecule has 2 aromatic rings. The zero-order valence-electron chi connectivity index (χ0n) is 11.6. The SMILES string of the molecule is Nc1cc(CC(N)C2CCCc3ccccc32)ccn1. The Morgan fingerprint density at radius 2 is 2.10 bits per heavy atom. The predicted octanol–water partition coefficient (Wildman–Crippen LogP) is 2.65. The number of aryl methyl sites for hydroxylation is 1. The molecule has 0 saturated carbocycles. The smallest absolute Gasteiger partial charge is 0.123 e. The number of benzene rings is 1. The van der Waals surface area contributed by atoms with E-state index in [9.17, 15) is 0 Å². The minimum absolute atomic E-state index is 0.137. The molecule has 1 aliphatic carbocycles. The second-order valence-electron chi connectivity index (χ2n) is 5.65. The van der Waals surface area contributed by atoms with Crippen LogP contribution in [-0.2, 0) is 12.8 Å². The molecule has 1 aromatic carbocycles. The fourth-order valence-electron chi connectivity index (χ4n) is 3.27. The lowest BCUT2D eigenvalue weighted by Gasteiger charge is -2.30. The number of hydrogen-bond acceptors (Lipinski definition) is 3. The summed E-state index contributed by atoms with van der Waals surface area (Å²) in [7, 11) is 0.